The molecule has 0 bridgehead atoms. The lowest BCUT2D eigenvalue weighted by Gasteiger charge is -2.30. The van der Waals surface area contributed by atoms with E-state index < -0.39 is 0 Å². The number of hydrogen-bond acceptors (Lipinski definition) is 6. The molecule has 4 N–H and O–H groups in total. The number of anilines is 2. The van der Waals surface area contributed by atoms with Crippen LogP contribution in [-0.4, -0.2) is 34.5 Å². The normalized spacial score (nSPS) is 26.0. The summed E-state index contributed by atoms with van der Waals surface area (Å²) < 4.78 is 0. The van der Waals surface area contributed by atoms with Crippen LogP contribution < -0.4 is 10.6 Å². The molecule has 0 radical (unpaired) electrons. The summed E-state index contributed by atoms with van der Waals surface area (Å²) in [4.78, 5) is 2.13. The molecule has 0 spiro atoms. The van der Waals surface area contributed by atoms with Gasteiger partial charge < -0.3 is 20.8 Å². The third-order valence-electron chi connectivity index (χ3n) is 6.25. The van der Waals surface area contributed by atoms with Gasteiger partial charge in [0.2, 0.25) is 0 Å². The molecule has 0 heterocycles. The van der Waals surface area contributed by atoms with Crippen LogP contribution in [0.4, 0.5) is 11.4 Å². The van der Waals surface area contributed by atoms with Crippen LogP contribution in [0.15, 0.2) is 46.2 Å². The maximum atomic E-state index is 10.4. The smallest absolute Gasteiger partial charge is 0.0741 e. The van der Waals surface area contributed by atoms with Gasteiger partial charge in [0.1, 0.15) is 0 Å². The van der Waals surface area contributed by atoms with E-state index in [0.29, 0.717) is 10.0 Å². The molecule has 0 aliphatic heterocycles. The van der Waals surface area contributed by atoms with Crippen LogP contribution >= 0.6 is 44.8 Å². The first kappa shape index (κ1) is 24.4. The molecule has 2 aromatic rings. The molecule has 0 aromatic heterocycles. The Balaban J connectivity index is 1.48. The second kappa shape index (κ2) is 11.6. The first-order valence-corrected chi connectivity index (χ1v) is 14.2. The van der Waals surface area contributed by atoms with E-state index in [-0.39, 0.29) is 24.3 Å². The highest BCUT2D eigenvalue weighted by molar-refractivity contribution is 8.76. The van der Waals surface area contributed by atoms with Gasteiger partial charge in [-0.1, -0.05) is 70.5 Å². The van der Waals surface area contributed by atoms with Gasteiger partial charge in [0.05, 0.1) is 35.7 Å². The summed E-state index contributed by atoms with van der Waals surface area (Å²) in [6.45, 7) is 0. The van der Waals surface area contributed by atoms with Crippen molar-refractivity contribution in [3.8, 4) is 0 Å². The predicted molar refractivity (Wildman–Crippen MR) is 138 cm³/mol. The molecular weight excluding hydrogens is 483 g/mol. The summed E-state index contributed by atoms with van der Waals surface area (Å²) in [5.41, 5.74) is 1.90. The standard InChI is InChI=1S/C24H30Cl2N2O2S2/c25-15-9-11-23(19(13-15)27-17-5-1-3-7-21(17)29)31-32-24-12-10-16(26)14-20(24)28-18-6-2-4-8-22(18)30/h9-14,17-18,21-22,27-30H,1-8H2/t17-,18-,21-,22+/m0/s1. The summed E-state index contributed by atoms with van der Waals surface area (Å²) in [7, 11) is 3.30. The second-order valence-electron chi connectivity index (χ2n) is 8.65. The van der Waals surface area contributed by atoms with Crippen molar-refractivity contribution in [2.24, 2.45) is 0 Å². The summed E-state index contributed by atoms with van der Waals surface area (Å²) in [6.07, 6.45) is 7.33. The highest BCUT2D eigenvalue weighted by Crippen LogP contribution is 2.45. The molecule has 8 heteroatoms. The van der Waals surface area contributed by atoms with E-state index in [2.05, 4.69) is 10.6 Å². The van der Waals surface area contributed by atoms with Gasteiger partial charge in [-0.3, -0.25) is 0 Å². The van der Waals surface area contributed by atoms with E-state index in [9.17, 15) is 10.2 Å². The number of nitrogens with one attached hydrogen (secondary N) is 2. The molecule has 0 saturated heterocycles. The minimum Gasteiger partial charge on any atom is -0.391 e. The average Bonchev–Trinajstić information content (AvgIpc) is 2.77. The summed E-state index contributed by atoms with van der Waals surface area (Å²) in [6, 6.07) is 11.8. The van der Waals surface area contributed by atoms with Gasteiger partial charge in [0.25, 0.3) is 0 Å². The first-order valence-electron chi connectivity index (χ1n) is 11.3. The molecule has 4 rings (SSSR count). The lowest BCUT2D eigenvalue weighted by Crippen LogP contribution is -2.36. The van der Waals surface area contributed by atoms with Gasteiger partial charge in [-0.05, 0) is 62.1 Å². The van der Waals surface area contributed by atoms with Crippen molar-refractivity contribution in [3.05, 3.63) is 46.4 Å². The van der Waals surface area contributed by atoms with Crippen LogP contribution in [0.1, 0.15) is 51.4 Å². The Morgan fingerprint density at radius 3 is 1.47 bits per heavy atom. The van der Waals surface area contributed by atoms with Crippen LogP contribution in [0.2, 0.25) is 10.0 Å². The molecule has 32 heavy (non-hydrogen) atoms. The lowest BCUT2D eigenvalue weighted by atomic mass is 9.92. The Hall–Kier alpha value is -0.760. The van der Waals surface area contributed by atoms with Crippen molar-refractivity contribution < 1.29 is 10.2 Å². The van der Waals surface area contributed by atoms with Gasteiger partial charge in [-0.15, -0.1) is 0 Å². The highest BCUT2D eigenvalue weighted by atomic mass is 35.5. The number of hydrogen-bond donors (Lipinski definition) is 4. The van der Waals surface area contributed by atoms with Gasteiger partial charge >= 0.3 is 0 Å². The summed E-state index contributed by atoms with van der Waals surface area (Å²) in [5, 5.41) is 29.2. The molecule has 174 valence electrons. The first-order chi connectivity index (χ1) is 15.5. The van der Waals surface area contributed by atoms with E-state index in [1.165, 1.54) is 0 Å². The van der Waals surface area contributed by atoms with Gasteiger partial charge in [-0.25, -0.2) is 0 Å². The molecule has 4 nitrogen and oxygen atoms in total. The summed E-state index contributed by atoms with van der Waals surface area (Å²) in [5.74, 6) is 0. The van der Waals surface area contributed by atoms with Crippen LogP contribution in [0.25, 0.3) is 0 Å². The van der Waals surface area contributed by atoms with E-state index >= 15 is 0 Å². The maximum Gasteiger partial charge on any atom is 0.0741 e. The number of halogens is 2. The third kappa shape index (κ3) is 6.43. The third-order valence-corrected chi connectivity index (χ3v) is 9.20. The van der Waals surface area contributed by atoms with E-state index in [1.807, 2.05) is 36.4 Å². The fourth-order valence-electron chi connectivity index (χ4n) is 4.42. The van der Waals surface area contributed by atoms with Crippen LogP contribution in [0.3, 0.4) is 0 Å². The van der Waals surface area contributed by atoms with Crippen LogP contribution in [0.5, 0.6) is 0 Å². The molecule has 2 fully saturated rings. The zero-order chi connectivity index (χ0) is 22.5. The predicted octanol–water partition coefficient (Wildman–Crippen LogP) is 7.22. The van der Waals surface area contributed by atoms with E-state index in [4.69, 9.17) is 23.2 Å². The molecule has 4 atom stereocenters. The number of aliphatic hydroxyl groups excluding tert-OH is 2. The fraction of sp³-hybridized carbons (Fsp3) is 0.500. The Labute approximate surface area is 208 Å². The quantitative estimate of drug-likeness (QED) is 0.293. The van der Waals surface area contributed by atoms with Crippen molar-refractivity contribution in [2.45, 2.75) is 85.4 Å². The minimum absolute atomic E-state index is 0.0483. The zero-order valence-electron chi connectivity index (χ0n) is 17.9. The van der Waals surface area contributed by atoms with E-state index in [1.54, 1.807) is 21.6 Å². The van der Waals surface area contributed by atoms with E-state index in [0.717, 1.165) is 72.5 Å². The molecule has 0 amide bonds. The van der Waals surface area contributed by atoms with Crippen molar-refractivity contribution in [1.82, 2.24) is 0 Å². The zero-order valence-corrected chi connectivity index (χ0v) is 21.0. The Kier molecular flexibility index (Phi) is 8.82. The second-order valence-corrected chi connectivity index (χ2v) is 11.7. The van der Waals surface area contributed by atoms with Gasteiger partial charge in [0, 0.05) is 19.8 Å². The Morgan fingerprint density at radius 1 is 0.656 bits per heavy atom. The largest absolute Gasteiger partial charge is 0.391 e. The van der Waals surface area contributed by atoms with Crippen LogP contribution in [-0.2, 0) is 0 Å². The van der Waals surface area contributed by atoms with Crippen molar-refractivity contribution in [2.75, 3.05) is 10.6 Å². The molecular formula is C24H30Cl2N2O2S2. The number of aliphatic hydroxyl groups is 2. The maximum absolute atomic E-state index is 10.4. The van der Waals surface area contributed by atoms with Crippen molar-refractivity contribution >= 4 is 56.2 Å². The van der Waals surface area contributed by atoms with Crippen LogP contribution in [0, 0.1) is 0 Å². The number of benzene rings is 2. The molecule has 2 saturated carbocycles. The molecule has 0 unspecified atom stereocenters. The molecule has 2 aliphatic rings. The number of rotatable bonds is 7. The topological polar surface area (TPSA) is 64.5 Å². The Morgan fingerprint density at radius 2 is 1.06 bits per heavy atom. The average molecular weight is 514 g/mol. The monoisotopic (exact) mass is 512 g/mol. The highest BCUT2D eigenvalue weighted by Gasteiger charge is 2.25. The SMILES string of the molecule is O[C@@H]1CCCC[C@@H]1Nc1cc(Cl)ccc1SSc1ccc(Cl)cc1N[C@H]1CCCC[C@@H]1O. The van der Waals surface area contributed by atoms with Gasteiger partial charge in [0.15, 0.2) is 0 Å². The van der Waals surface area contributed by atoms with Crippen molar-refractivity contribution in [3.63, 3.8) is 0 Å². The van der Waals surface area contributed by atoms with Crippen molar-refractivity contribution in [1.29, 1.82) is 0 Å². The lowest BCUT2D eigenvalue weighted by molar-refractivity contribution is 0.116. The minimum atomic E-state index is -0.331. The summed E-state index contributed by atoms with van der Waals surface area (Å²) >= 11 is 12.6. The van der Waals surface area contributed by atoms with Gasteiger partial charge in [-0.2, -0.15) is 0 Å². The molecule has 2 aliphatic carbocycles. The Bertz CT molecular complexity index is 844. The fourth-order valence-corrected chi connectivity index (χ4v) is 7.02. The molecule has 2 aromatic carbocycles.